The number of rotatable bonds is 1. The molecular formula is C11H13FN2O2. The molecule has 0 saturated carbocycles. The number of halogens is 1. The molecule has 1 atom stereocenters. The van der Waals surface area contributed by atoms with Gasteiger partial charge in [0.05, 0.1) is 12.7 Å². The molecule has 2 rings (SSSR count). The van der Waals surface area contributed by atoms with E-state index < -0.39 is 5.95 Å². The maximum Gasteiger partial charge on any atom is 0.272 e. The summed E-state index contributed by atoms with van der Waals surface area (Å²) in [6, 6.07) is 4.23. The van der Waals surface area contributed by atoms with Gasteiger partial charge in [0.25, 0.3) is 5.91 Å². The first-order valence-electron chi connectivity index (χ1n) is 5.20. The summed E-state index contributed by atoms with van der Waals surface area (Å²) < 4.78 is 18.2. The molecule has 0 bridgehead atoms. The lowest BCUT2D eigenvalue weighted by molar-refractivity contribution is -0.0126. The zero-order chi connectivity index (χ0) is 11.5. The topological polar surface area (TPSA) is 42.4 Å². The number of hydrogen-bond acceptors (Lipinski definition) is 3. The van der Waals surface area contributed by atoms with E-state index in [1.807, 2.05) is 6.92 Å². The van der Waals surface area contributed by atoms with E-state index in [2.05, 4.69) is 4.98 Å². The Kier molecular flexibility index (Phi) is 3.14. The van der Waals surface area contributed by atoms with E-state index in [0.29, 0.717) is 19.7 Å². The summed E-state index contributed by atoms with van der Waals surface area (Å²) >= 11 is 0. The van der Waals surface area contributed by atoms with Crippen molar-refractivity contribution in [3.05, 3.63) is 29.8 Å². The molecule has 1 amide bonds. The van der Waals surface area contributed by atoms with Crippen molar-refractivity contribution in [3.8, 4) is 0 Å². The van der Waals surface area contributed by atoms with Crippen LogP contribution in [0.4, 0.5) is 4.39 Å². The van der Waals surface area contributed by atoms with Gasteiger partial charge in [0.1, 0.15) is 5.69 Å². The van der Waals surface area contributed by atoms with Crippen molar-refractivity contribution in [2.45, 2.75) is 13.0 Å². The van der Waals surface area contributed by atoms with Crippen LogP contribution in [-0.4, -0.2) is 41.6 Å². The average Bonchev–Trinajstić information content (AvgIpc) is 2.28. The van der Waals surface area contributed by atoms with Gasteiger partial charge >= 0.3 is 0 Å². The lowest BCUT2D eigenvalue weighted by Crippen LogP contribution is -2.44. The van der Waals surface area contributed by atoms with Crippen molar-refractivity contribution in [1.82, 2.24) is 9.88 Å². The van der Waals surface area contributed by atoms with Gasteiger partial charge in [-0.25, -0.2) is 4.98 Å². The monoisotopic (exact) mass is 224 g/mol. The first-order chi connectivity index (χ1) is 7.66. The number of pyridine rings is 1. The van der Waals surface area contributed by atoms with Crippen LogP contribution in [0.2, 0.25) is 0 Å². The molecule has 5 heteroatoms. The molecular weight excluding hydrogens is 211 g/mol. The third-order valence-electron chi connectivity index (χ3n) is 2.46. The molecule has 1 aliphatic rings. The molecule has 0 spiro atoms. The smallest absolute Gasteiger partial charge is 0.272 e. The number of hydrogen-bond donors (Lipinski definition) is 0. The Bertz CT molecular complexity index is 397. The van der Waals surface area contributed by atoms with Crippen LogP contribution >= 0.6 is 0 Å². The summed E-state index contributed by atoms with van der Waals surface area (Å²) in [6.07, 6.45) is 0.0197. The Morgan fingerprint density at radius 1 is 1.62 bits per heavy atom. The van der Waals surface area contributed by atoms with Gasteiger partial charge in [0, 0.05) is 13.1 Å². The van der Waals surface area contributed by atoms with Gasteiger partial charge in [0.15, 0.2) is 0 Å². The summed E-state index contributed by atoms with van der Waals surface area (Å²) in [4.78, 5) is 17.1. The van der Waals surface area contributed by atoms with Crippen molar-refractivity contribution in [2.75, 3.05) is 19.7 Å². The highest BCUT2D eigenvalue weighted by Gasteiger charge is 2.23. The third kappa shape index (κ3) is 2.36. The van der Waals surface area contributed by atoms with Crippen LogP contribution in [0.1, 0.15) is 17.4 Å². The molecule has 1 aromatic rings. The van der Waals surface area contributed by atoms with Gasteiger partial charge in [0.2, 0.25) is 5.95 Å². The Morgan fingerprint density at radius 2 is 2.44 bits per heavy atom. The predicted octanol–water partition coefficient (Wildman–Crippen LogP) is 1.08. The van der Waals surface area contributed by atoms with Crippen molar-refractivity contribution in [1.29, 1.82) is 0 Å². The number of ether oxygens (including phenoxy) is 1. The SMILES string of the molecule is CC1CN(C(=O)c2cccc(F)n2)CCO1. The minimum atomic E-state index is -0.632. The number of nitrogens with zero attached hydrogens (tertiary/aromatic N) is 2. The van der Waals surface area contributed by atoms with Crippen LogP contribution in [-0.2, 0) is 4.74 Å². The van der Waals surface area contributed by atoms with Gasteiger partial charge in [-0.1, -0.05) is 6.07 Å². The van der Waals surface area contributed by atoms with Gasteiger partial charge in [-0.2, -0.15) is 4.39 Å². The molecule has 0 aliphatic carbocycles. The van der Waals surface area contributed by atoms with Crippen molar-refractivity contribution in [3.63, 3.8) is 0 Å². The van der Waals surface area contributed by atoms with Crippen LogP contribution in [0.15, 0.2) is 18.2 Å². The highest BCUT2D eigenvalue weighted by Crippen LogP contribution is 2.09. The van der Waals surface area contributed by atoms with E-state index >= 15 is 0 Å². The van der Waals surface area contributed by atoms with Crippen LogP contribution in [0, 0.1) is 5.95 Å². The van der Waals surface area contributed by atoms with Crippen LogP contribution < -0.4 is 0 Å². The second-order valence-electron chi connectivity index (χ2n) is 3.78. The molecule has 2 heterocycles. The van der Waals surface area contributed by atoms with E-state index in [4.69, 9.17) is 4.74 Å². The molecule has 1 unspecified atom stereocenters. The summed E-state index contributed by atoms with van der Waals surface area (Å²) in [6.45, 7) is 3.47. The second kappa shape index (κ2) is 4.57. The van der Waals surface area contributed by atoms with Crippen LogP contribution in [0.5, 0.6) is 0 Å². The molecule has 4 nitrogen and oxygen atoms in total. The Hall–Kier alpha value is -1.49. The highest BCUT2D eigenvalue weighted by atomic mass is 19.1. The molecule has 1 aromatic heterocycles. The number of morpholine rings is 1. The summed E-state index contributed by atoms with van der Waals surface area (Å²) in [5.41, 5.74) is 0.147. The quantitative estimate of drug-likeness (QED) is 0.670. The highest BCUT2D eigenvalue weighted by molar-refractivity contribution is 5.92. The maximum absolute atomic E-state index is 12.9. The van der Waals surface area contributed by atoms with E-state index in [9.17, 15) is 9.18 Å². The third-order valence-corrected chi connectivity index (χ3v) is 2.46. The second-order valence-corrected chi connectivity index (χ2v) is 3.78. The first-order valence-corrected chi connectivity index (χ1v) is 5.20. The normalized spacial score (nSPS) is 20.9. The fourth-order valence-electron chi connectivity index (χ4n) is 1.69. The minimum Gasteiger partial charge on any atom is -0.375 e. The standard InChI is InChI=1S/C11H13FN2O2/c1-8-7-14(5-6-16-8)11(15)9-3-2-4-10(12)13-9/h2-4,8H,5-7H2,1H3. The Labute approximate surface area is 93.0 Å². The lowest BCUT2D eigenvalue weighted by Gasteiger charge is -2.30. The number of carbonyl (C=O) groups excluding carboxylic acids is 1. The van der Waals surface area contributed by atoms with Crippen molar-refractivity contribution < 1.29 is 13.9 Å². The number of amides is 1. The predicted molar refractivity (Wildman–Crippen MR) is 55.5 cm³/mol. The zero-order valence-electron chi connectivity index (χ0n) is 9.02. The van der Waals surface area contributed by atoms with E-state index in [0.717, 1.165) is 0 Å². The largest absolute Gasteiger partial charge is 0.375 e. The zero-order valence-corrected chi connectivity index (χ0v) is 9.02. The van der Waals surface area contributed by atoms with E-state index in [1.165, 1.54) is 18.2 Å². The average molecular weight is 224 g/mol. The van der Waals surface area contributed by atoms with E-state index in [-0.39, 0.29) is 17.7 Å². The summed E-state index contributed by atoms with van der Waals surface area (Å²) in [5.74, 6) is -0.873. The van der Waals surface area contributed by atoms with Gasteiger partial charge in [-0.15, -0.1) is 0 Å². The molecule has 1 saturated heterocycles. The van der Waals surface area contributed by atoms with Crippen molar-refractivity contribution >= 4 is 5.91 Å². The summed E-state index contributed by atoms with van der Waals surface area (Å²) in [5, 5.41) is 0. The Balaban J connectivity index is 2.12. The van der Waals surface area contributed by atoms with Crippen LogP contribution in [0.25, 0.3) is 0 Å². The Morgan fingerprint density at radius 3 is 3.12 bits per heavy atom. The van der Waals surface area contributed by atoms with Crippen LogP contribution in [0.3, 0.4) is 0 Å². The molecule has 0 aromatic carbocycles. The first kappa shape index (κ1) is 11.0. The molecule has 16 heavy (non-hydrogen) atoms. The van der Waals surface area contributed by atoms with Gasteiger partial charge in [-0.3, -0.25) is 4.79 Å². The molecule has 1 aliphatic heterocycles. The molecule has 0 radical (unpaired) electrons. The molecule has 86 valence electrons. The van der Waals surface area contributed by atoms with E-state index in [1.54, 1.807) is 4.90 Å². The van der Waals surface area contributed by atoms with Crippen molar-refractivity contribution in [2.24, 2.45) is 0 Å². The number of aromatic nitrogens is 1. The van der Waals surface area contributed by atoms with Gasteiger partial charge in [-0.05, 0) is 19.1 Å². The van der Waals surface area contributed by atoms with Gasteiger partial charge < -0.3 is 9.64 Å². The summed E-state index contributed by atoms with van der Waals surface area (Å²) in [7, 11) is 0. The lowest BCUT2D eigenvalue weighted by atomic mass is 10.2. The minimum absolute atomic E-state index is 0.0197. The molecule has 1 fully saturated rings. The fraction of sp³-hybridized carbons (Fsp3) is 0.455. The fourth-order valence-corrected chi connectivity index (χ4v) is 1.69. The number of carbonyl (C=O) groups is 1. The molecule has 0 N–H and O–H groups in total. The maximum atomic E-state index is 12.9.